The van der Waals surface area contributed by atoms with Gasteiger partial charge in [-0.3, -0.25) is 10.1 Å². The fraction of sp³-hybridized carbons (Fsp3) is 0.550. The Morgan fingerprint density at radius 3 is 2.85 bits per heavy atom. The van der Waals surface area contributed by atoms with Crippen molar-refractivity contribution in [1.29, 1.82) is 0 Å². The fourth-order valence-electron chi connectivity index (χ4n) is 5.21. The van der Waals surface area contributed by atoms with E-state index in [0.717, 1.165) is 48.6 Å². The van der Waals surface area contributed by atoms with Gasteiger partial charge in [0, 0.05) is 19.5 Å². The van der Waals surface area contributed by atoms with E-state index >= 15 is 0 Å². The molecule has 2 aliphatic carbocycles. The van der Waals surface area contributed by atoms with Crippen molar-refractivity contribution >= 4 is 28.7 Å². The molecule has 5 rings (SSSR count). The van der Waals surface area contributed by atoms with Gasteiger partial charge in [-0.2, -0.15) is 0 Å². The molecule has 2 heterocycles. The third-order valence-electron chi connectivity index (χ3n) is 6.41. The Balaban J connectivity index is 1.52. The number of hydrogen-bond donors (Lipinski definition) is 2. The summed E-state index contributed by atoms with van der Waals surface area (Å²) in [6.07, 6.45) is 7.11. The summed E-state index contributed by atoms with van der Waals surface area (Å²) in [6, 6.07) is 8.31. The highest BCUT2D eigenvalue weighted by Crippen LogP contribution is 2.46. The smallest absolute Gasteiger partial charge is 0.210 e. The van der Waals surface area contributed by atoms with Gasteiger partial charge in [0.25, 0.3) is 0 Å². The monoisotopic (exact) mass is 351 g/mol. The minimum absolute atomic E-state index is 0.0461. The summed E-state index contributed by atoms with van der Waals surface area (Å²) in [5.41, 5.74) is 1.85. The molecule has 1 aromatic heterocycles. The number of hydrogen-bond acceptors (Lipinski definition) is 5. The average Bonchev–Trinajstić information content (AvgIpc) is 3.21. The number of carbonyl (C=O) groups excluding carboxylic acids is 1. The van der Waals surface area contributed by atoms with Crippen molar-refractivity contribution < 1.29 is 4.79 Å². The van der Waals surface area contributed by atoms with E-state index in [1.807, 2.05) is 25.2 Å². The van der Waals surface area contributed by atoms with E-state index in [-0.39, 0.29) is 17.5 Å². The molecule has 2 N–H and O–H groups in total. The van der Waals surface area contributed by atoms with E-state index in [1.54, 1.807) is 0 Å². The fourth-order valence-corrected chi connectivity index (χ4v) is 5.21. The van der Waals surface area contributed by atoms with Crippen LogP contribution in [0.5, 0.6) is 0 Å². The summed E-state index contributed by atoms with van der Waals surface area (Å²) < 4.78 is 2.05. The predicted octanol–water partition coefficient (Wildman–Crippen LogP) is 3.00. The first-order valence-corrected chi connectivity index (χ1v) is 9.74. The number of nitrogens with zero attached hydrogens (tertiary/aromatic N) is 3. The minimum atomic E-state index is -0.208. The molecule has 0 saturated heterocycles. The van der Waals surface area contributed by atoms with Crippen LogP contribution in [-0.4, -0.2) is 32.9 Å². The quantitative estimate of drug-likeness (QED) is 0.828. The second kappa shape index (κ2) is 5.83. The summed E-state index contributed by atoms with van der Waals surface area (Å²) in [6.45, 7) is 0. The molecule has 6 nitrogen and oxygen atoms in total. The molecule has 1 aromatic carbocycles. The van der Waals surface area contributed by atoms with Gasteiger partial charge in [-0.1, -0.05) is 25.0 Å². The molecule has 0 amide bonds. The van der Waals surface area contributed by atoms with Gasteiger partial charge in [0.2, 0.25) is 5.95 Å². The van der Waals surface area contributed by atoms with Crippen molar-refractivity contribution in [1.82, 2.24) is 14.9 Å². The van der Waals surface area contributed by atoms with E-state index in [2.05, 4.69) is 21.3 Å². The van der Waals surface area contributed by atoms with Gasteiger partial charge in [0.1, 0.15) is 5.78 Å². The lowest BCUT2D eigenvalue weighted by molar-refractivity contribution is -0.128. The lowest BCUT2D eigenvalue weighted by Crippen LogP contribution is -2.60. The number of imidazole rings is 1. The molecule has 1 spiro atoms. The molecule has 2 unspecified atom stereocenters. The number of anilines is 1. The number of aromatic nitrogens is 2. The summed E-state index contributed by atoms with van der Waals surface area (Å²) in [5.74, 6) is 2.01. The van der Waals surface area contributed by atoms with Gasteiger partial charge in [-0.05, 0) is 37.8 Å². The number of para-hydroxylation sites is 2. The number of aryl methyl sites for hydroxylation is 1. The molecule has 2 saturated carbocycles. The maximum absolute atomic E-state index is 12.7. The number of Topliss-reactive ketones (excluding diaryl/α,β-unsaturated/α-hetero) is 1. The summed E-state index contributed by atoms with van der Waals surface area (Å²) >= 11 is 0. The first kappa shape index (κ1) is 15.9. The van der Waals surface area contributed by atoms with E-state index in [9.17, 15) is 4.79 Å². The Morgan fingerprint density at radius 2 is 2.04 bits per heavy atom. The van der Waals surface area contributed by atoms with Crippen LogP contribution in [0.4, 0.5) is 5.95 Å². The standard InChI is InChI=1S/C20H25N5O/c1-25-15-9-3-2-7-13(15)22-19(25)23-18-21-14-8-6-10-16(26)17(14)20(24-18)11-4-5-12-20/h2-3,7,9,14,17H,4-6,8,10-12H2,1H3,(H2,21,22,23,24). The minimum Gasteiger partial charge on any atom is -0.352 e. The summed E-state index contributed by atoms with van der Waals surface area (Å²) in [7, 11) is 2.01. The Labute approximate surface area is 153 Å². The highest BCUT2D eigenvalue weighted by Gasteiger charge is 2.52. The second-order valence-electron chi connectivity index (χ2n) is 7.97. The van der Waals surface area contributed by atoms with Gasteiger partial charge in [-0.25, -0.2) is 9.98 Å². The topological polar surface area (TPSA) is 71.3 Å². The van der Waals surface area contributed by atoms with Crippen molar-refractivity contribution in [2.24, 2.45) is 18.0 Å². The molecular formula is C20H25N5O. The maximum Gasteiger partial charge on any atom is 0.210 e. The van der Waals surface area contributed by atoms with Crippen LogP contribution >= 0.6 is 0 Å². The molecule has 3 aliphatic rings. The van der Waals surface area contributed by atoms with Crippen LogP contribution in [0.25, 0.3) is 11.0 Å². The van der Waals surface area contributed by atoms with Crippen LogP contribution in [0.3, 0.4) is 0 Å². The van der Waals surface area contributed by atoms with Crippen molar-refractivity contribution in [2.75, 3.05) is 5.32 Å². The first-order chi connectivity index (χ1) is 12.7. The van der Waals surface area contributed by atoms with Crippen molar-refractivity contribution in [3.05, 3.63) is 24.3 Å². The van der Waals surface area contributed by atoms with Crippen molar-refractivity contribution in [3.8, 4) is 0 Å². The predicted molar refractivity (Wildman–Crippen MR) is 102 cm³/mol. The number of fused-ring (bicyclic) bond motifs is 3. The highest BCUT2D eigenvalue weighted by atomic mass is 16.1. The summed E-state index contributed by atoms with van der Waals surface area (Å²) in [4.78, 5) is 22.5. The molecule has 2 aromatic rings. The van der Waals surface area contributed by atoms with E-state index < -0.39 is 0 Å². The van der Waals surface area contributed by atoms with Gasteiger partial charge >= 0.3 is 0 Å². The number of benzene rings is 1. The van der Waals surface area contributed by atoms with Crippen LogP contribution in [-0.2, 0) is 11.8 Å². The van der Waals surface area contributed by atoms with Gasteiger partial charge in [0.05, 0.1) is 22.5 Å². The largest absolute Gasteiger partial charge is 0.352 e. The van der Waals surface area contributed by atoms with Crippen LogP contribution in [0, 0.1) is 5.92 Å². The van der Waals surface area contributed by atoms with Gasteiger partial charge in [0.15, 0.2) is 5.96 Å². The molecule has 1 aliphatic heterocycles. The molecule has 0 bridgehead atoms. The number of nitrogens with one attached hydrogen (secondary N) is 2. The van der Waals surface area contributed by atoms with Crippen LogP contribution < -0.4 is 10.6 Å². The van der Waals surface area contributed by atoms with Gasteiger partial charge in [-0.15, -0.1) is 0 Å². The zero-order valence-corrected chi connectivity index (χ0v) is 15.2. The molecule has 136 valence electrons. The number of rotatable bonds is 1. The average molecular weight is 351 g/mol. The van der Waals surface area contributed by atoms with E-state index in [0.29, 0.717) is 12.2 Å². The normalized spacial score (nSPS) is 27.3. The molecule has 2 atom stereocenters. The highest BCUT2D eigenvalue weighted by molar-refractivity contribution is 5.97. The molecule has 26 heavy (non-hydrogen) atoms. The van der Waals surface area contributed by atoms with Crippen LogP contribution in [0.2, 0.25) is 0 Å². The number of guanidine groups is 1. The van der Waals surface area contributed by atoms with Crippen molar-refractivity contribution in [3.63, 3.8) is 0 Å². The summed E-state index contributed by atoms with van der Waals surface area (Å²) in [5, 5.41) is 6.94. The van der Waals surface area contributed by atoms with Gasteiger partial charge < -0.3 is 9.88 Å². The number of ketones is 1. The second-order valence-corrected chi connectivity index (χ2v) is 7.97. The van der Waals surface area contributed by atoms with E-state index in [4.69, 9.17) is 9.98 Å². The zero-order chi connectivity index (χ0) is 17.7. The molecular weight excluding hydrogens is 326 g/mol. The molecule has 6 heteroatoms. The third kappa shape index (κ3) is 2.35. The van der Waals surface area contributed by atoms with Crippen LogP contribution in [0.1, 0.15) is 44.9 Å². The first-order valence-electron chi connectivity index (χ1n) is 9.74. The Morgan fingerprint density at radius 1 is 1.23 bits per heavy atom. The maximum atomic E-state index is 12.7. The number of aliphatic imine (C=N–C) groups is 1. The Kier molecular flexibility index (Phi) is 3.55. The number of carbonyl (C=O) groups is 1. The lowest BCUT2D eigenvalue weighted by Gasteiger charge is -2.45. The van der Waals surface area contributed by atoms with E-state index in [1.165, 1.54) is 12.8 Å². The Bertz CT molecular complexity index is 893. The van der Waals surface area contributed by atoms with Crippen LogP contribution in [0.15, 0.2) is 29.3 Å². The third-order valence-corrected chi connectivity index (χ3v) is 6.41. The molecule has 2 fully saturated rings. The lowest BCUT2D eigenvalue weighted by atomic mass is 9.69. The van der Waals surface area contributed by atoms with Crippen molar-refractivity contribution in [2.45, 2.75) is 56.5 Å². The Hall–Kier alpha value is -2.37. The SMILES string of the molecule is Cn1c(NC2=NC3(CCCC3)C3C(=O)CCCC3N2)nc2ccccc21. The molecule has 0 radical (unpaired) electrons. The zero-order valence-electron chi connectivity index (χ0n) is 15.2.